The summed E-state index contributed by atoms with van der Waals surface area (Å²) in [6, 6.07) is 45.0. The van der Waals surface area contributed by atoms with E-state index in [4.69, 9.17) is 17.6 Å². The number of halogens is 1. The van der Waals surface area contributed by atoms with Crippen LogP contribution in [0.15, 0.2) is 138 Å². The number of nitrogens with zero attached hydrogens (tertiary/aromatic N) is 5. The Bertz CT molecular complexity index is 3810. The van der Waals surface area contributed by atoms with E-state index in [2.05, 4.69) is 167 Å². The van der Waals surface area contributed by atoms with Crippen LogP contribution >= 0.6 is 0 Å². The number of hydrogen-bond acceptors (Lipinski definition) is 4. The van der Waals surface area contributed by atoms with Gasteiger partial charge in [-0.25, -0.2) is 14.4 Å². The third kappa shape index (κ3) is 10.1. The van der Waals surface area contributed by atoms with E-state index in [1.165, 1.54) is 21.6 Å². The molecule has 0 atom stereocenters. The van der Waals surface area contributed by atoms with Crippen molar-refractivity contribution in [3.8, 4) is 50.8 Å². The molecule has 0 fully saturated rings. The smallest absolute Gasteiger partial charge is 0.343 e. The summed E-state index contributed by atoms with van der Waals surface area (Å²) in [6.45, 7) is 14.0. The molecule has 9 heteroatoms. The fraction of sp³-hybridized carbons (Fsp3) is 0.238. The van der Waals surface area contributed by atoms with Crippen LogP contribution in [-0.4, -0.2) is 32.8 Å². The van der Waals surface area contributed by atoms with Gasteiger partial charge in [0.25, 0.3) is 0 Å². The third-order valence-corrected chi connectivity index (χ3v) is 17.5. The second-order valence-corrected chi connectivity index (χ2v) is 31.7. The first kappa shape index (κ1) is 44.4. The Balaban J connectivity index is 0.000000358. The third-order valence-electron chi connectivity index (χ3n) is 13.2. The predicted molar refractivity (Wildman–Crippen MR) is 296 cm³/mol. The number of pyridine rings is 1. The van der Waals surface area contributed by atoms with Crippen molar-refractivity contribution in [2.75, 3.05) is 0 Å². The van der Waals surface area contributed by atoms with Gasteiger partial charge in [0.2, 0.25) is 0 Å². The molecule has 0 amide bonds. The van der Waals surface area contributed by atoms with Crippen molar-refractivity contribution in [1.82, 2.24) is 19.5 Å². The Kier molecular flexibility index (Phi) is 12.5. The van der Waals surface area contributed by atoms with Crippen molar-refractivity contribution in [2.45, 2.75) is 96.7 Å². The average Bonchev–Trinajstić information content (AvgIpc) is 4.14. The molecular formula is C63H64FGeIrN5O+. The molecule has 0 bridgehead atoms. The Hall–Kier alpha value is -6.32. The zero-order chi connectivity index (χ0) is 55.7. The quantitative estimate of drug-likeness (QED) is 0.0864. The topological polar surface area (TPSA) is 60.6 Å². The Morgan fingerprint density at radius 3 is 1.99 bits per heavy atom. The molecule has 0 radical (unpaired) electrons. The number of benzene rings is 6. The minimum atomic E-state index is -2.75. The van der Waals surface area contributed by atoms with Crippen LogP contribution in [0.4, 0.5) is 4.39 Å². The molecule has 0 aliphatic carbocycles. The number of aromatic nitrogens is 5. The molecule has 0 saturated carbocycles. The minimum absolute atomic E-state index is 0. The van der Waals surface area contributed by atoms with Crippen molar-refractivity contribution in [1.29, 1.82) is 0 Å². The number of furan rings is 1. The van der Waals surface area contributed by atoms with E-state index < -0.39 is 44.2 Å². The van der Waals surface area contributed by atoms with Gasteiger partial charge in [-0.15, -0.1) is 29.8 Å². The van der Waals surface area contributed by atoms with Gasteiger partial charge in [-0.3, -0.25) is 0 Å². The van der Waals surface area contributed by atoms with Crippen LogP contribution in [0.2, 0.25) is 17.3 Å². The van der Waals surface area contributed by atoms with Gasteiger partial charge in [0.1, 0.15) is 0 Å². The number of para-hydroxylation sites is 2. The van der Waals surface area contributed by atoms with Gasteiger partial charge in [-0.2, -0.15) is 18.6 Å². The molecule has 366 valence electrons. The van der Waals surface area contributed by atoms with Gasteiger partial charge < -0.3 is 8.98 Å². The molecule has 0 spiro atoms. The van der Waals surface area contributed by atoms with E-state index in [9.17, 15) is 0 Å². The molecule has 10 aromatic rings. The molecule has 0 N–H and O–H groups in total. The molecular weight excluding hydrogens is 1130 g/mol. The van der Waals surface area contributed by atoms with Crippen LogP contribution in [-0.2, 0) is 25.5 Å². The van der Waals surface area contributed by atoms with E-state index in [1.807, 2.05) is 41.0 Å². The average molecular weight is 1200 g/mol. The second kappa shape index (κ2) is 20.3. The van der Waals surface area contributed by atoms with Crippen molar-refractivity contribution in [3.63, 3.8) is 0 Å². The summed E-state index contributed by atoms with van der Waals surface area (Å²) in [7, 11) is 4.10. The summed E-state index contributed by atoms with van der Waals surface area (Å²) in [5, 5.41) is 1.07. The zero-order valence-corrected chi connectivity index (χ0v) is 47.1. The van der Waals surface area contributed by atoms with Crippen LogP contribution in [0.5, 0.6) is 0 Å². The zero-order valence-electron chi connectivity index (χ0n) is 48.6. The van der Waals surface area contributed by atoms with Crippen LogP contribution in [0.3, 0.4) is 0 Å². The summed E-state index contributed by atoms with van der Waals surface area (Å²) in [5.74, 6) is 6.84. The van der Waals surface area contributed by atoms with Gasteiger partial charge in [0.15, 0.2) is 17.2 Å². The number of imidazole rings is 1. The SMILES string of the molecule is [2H]C([2H])([2H])c1cc(C([2H])([2H])[2H])nc(-c2ccc3c(oc4c(-c5nc6ccccc6n5-c5c(C(C)C)cc(-c6cc[c]([Ge]([CH3])([CH3])[CH3])cc6)cc5C(C)C)[c-]ccc43)c2F)n1.[CH2-]c1ccccc1-c1ccc(C(C)(C)C)c[n+]1[CH2-].[Ir+3]. The number of rotatable bonds is 8. The molecule has 0 saturated heterocycles. The first-order valence-electron chi connectivity index (χ1n) is 27.1. The molecule has 0 aliphatic rings. The Labute approximate surface area is 450 Å². The fourth-order valence-corrected chi connectivity index (χ4v) is 11.7. The van der Waals surface area contributed by atoms with Gasteiger partial charge >= 0.3 is 221 Å². The molecule has 72 heavy (non-hydrogen) atoms. The standard InChI is InChI=1S/C46H44FGeN4O.C17H20N.Ir/c1-26(2)37-24-31(30-17-19-32(20-18-30)48(7,8)9)25-38(27(3)4)42(37)52-40-16-11-10-15-39(40)51-46(52)36-14-12-13-33-34-21-22-35(41(47)44(34)53-43(33)36)45-49-28(5)23-29(6)50-45;1-13-8-6-7-9-15(13)16-11-10-14(12-18(16)5)17(2,3)4;/h10-13,15-27H,1-9H3;6-12H,1,5H2,2-4H3;/q2*-1;+3/i5D3,6D3;;. The van der Waals surface area contributed by atoms with E-state index in [1.54, 1.807) is 18.2 Å². The number of hydrogen-bond donors (Lipinski definition) is 0. The second-order valence-electron chi connectivity index (χ2n) is 21.0. The van der Waals surface area contributed by atoms with Crippen molar-refractivity contribution in [2.24, 2.45) is 0 Å². The van der Waals surface area contributed by atoms with Gasteiger partial charge in [0, 0.05) is 32.0 Å². The van der Waals surface area contributed by atoms with Crippen molar-refractivity contribution < 1.29 is 41.7 Å². The van der Waals surface area contributed by atoms with Gasteiger partial charge in [0.05, 0.1) is 17.5 Å². The monoisotopic (exact) mass is 1200 g/mol. The van der Waals surface area contributed by atoms with E-state index in [0.717, 1.165) is 56.3 Å². The van der Waals surface area contributed by atoms with Crippen LogP contribution in [0.1, 0.15) is 102 Å². The fourth-order valence-electron chi connectivity index (χ4n) is 9.25. The molecule has 6 aromatic carbocycles. The summed E-state index contributed by atoms with van der Waals surface area (Å²) in [5.41, 5.74) is 11.6. The molecule has 0 aliphatic heterocycles. The Morgan fingerprint density at radius 1 is 0.736 bits per heavy atom. The van der Waals surface area contributed by atoms with Crippen LogP contribution in [0.25, 0.3) is 83.8 Å². The minimum Gasteiger partial charge on any atom is -0.343 e. The predicted octanol–water partition coefficient (Wildman–Crippen LogP) is 15.8. The number of fused-ring (bicyclic) bond motifs is 4. The van der Waals surface area contributed by atoms with Crippen molar-refractivity contribution in [3.05, 3.63) is 193 Å². The maximum atomic E-state index is 16.8. The summed E-state index contributed by atoms with van der Waals surface area (Å²) in [4.78, 5) is 13.4. The first-order valence-corrected chi connectivity index (χ1v) is 31.5. The van der Waals surface area contributed by atoms with Crippen molar-refractivity contribution >= 4 is 50.6 Å². The number of aryl methyl sites for hydroxylation is 2. The molecule has 6 nitrogen and oxygen atoms in total. The Morgan fingerprint density at radius 2 is 1.38 bits per heavy atom. The molecule has 0 unspecified atom stereocenters. The molecule has 4 heterocycles. The normalized spacial score (nSPS) is 13.5. The summed E-state index contributed by atoms with van der Waals surface area (Å²) >= 11 is -2.01. The molecule has 10 rings (SSSR count). The summed E-state index contributed by atoms with van der Waals surface area (Å²) in [6.07, 6.45) is 2.10. The van der Waals surface area contributed by atoms with E-state index >= 15 is 4.39 Å². The summed E-state index contributed by atoms with van der Waals surface area (Å²) < 4.78 is 76.2. The van der Waals surface area contributed by atoms with E-state index in [-0.39, 0.29) is 54.3 Å². The van der Waals surface area contributed by atoms with Crippen LogP contribution in [0, 0.1) is 39.6 Å². The first-order chi connectivity index (χ1) is 36.1. The van der Waals surface area contributed by atoms with Gasteiger partial charge in [-0.05, 0) is 36.8 Å². The van der Waals surface area contributed by atoms with E-state index in [0.29, 0.717) is 27.7 Å². The molecule has 4 aromatic heterocycles. The van der Waals surface area contributed by atoms with Crippen LogP contribution < -0.4 is 8.96 Å². The maximum absolute atomic E-state index is 16.8. The van der Waals surface area contributed by atoms with Gasteiger partial charge in [-0.1, -0.05) is 56.5 Å².